The Bertz CT molecular complexity index is 583. The smallest absolute Gasteiger partial charge is 0.190 e. The molecule has 0 atom stereocenters. The Kier molecular flexibility index (Phi) is 3.50. The summed E-state index contributed by atoms with van der Waals surface area (Å²) in [5.74, 6) is 0.595. The molecule has 3 nitrogen and oxygen atoms in total. The third kappa shape index (κ3) is 2.37. The lowest BCUT2D eigenvalue weighted by Crippen LogP contribution is -2.01. The number of halogens is 2. The van der Waals surface area contributed by atoms with Crippen LogP contribution in [0.15, 0.2) is 6.20 Å². The Hall–Kier alpha value is -0.710. The molecule has 0 unspecified atom stereocenters. The van der Waals surface area contributed by atoms with Crippen LogP contribution in [0.1, 0.15) is 30.5 Å². The number of fused-ring (bicyclic) bond motifs is 1. The van der Waals surface area contributed by atoms with Gasteiger partial charge in [0.1, 0.15) is 9.49 Å². The van der Waals surface area contributed by atoms with Crippen LogP contribution in [0.5, 0.6) is 0 Å². The van der Waals surface area contributed by atoms with Gasteiger partial charge in [-0.3, -0.25) is 0 Å². The molecular weight excluding hydrogens is 289 g/mol. The van der Waals surface area contributed by atoms with Crippen molar-refractivity contribution in [2.24, 2.45) is 0 Å². The summed E-state index contributed by atoms with van der Waals surface area (Å²) in [6.45, 7) is 0. The molecule has 0 N–H and O–H groups in total. The number of thiazole rings is 1. The van der Waals surface area contributed by atoms with Crippen molar-refractivity contribution < 1.29 is 0 Å². The maximum Gasteiger partial charge on any atom is 0.190 e. The van der Waals surface area contributed by atoms with Gasteiger partial charge in [0.25, 0.3) is 0 Å². The summed E-state index contributed by atoms with van der Waals surface area (Å²) < 4.78 is 0.639. The second-order valence-electron chi connectivity index (χ2n) is 4.29. The molecule has 0 spiro atoms. The number of aryl methyl sites for hydroxylation is 1. The molecule has 0 saturated heterocycles. The SMILES string of the molecule is Clc1cnc(-c2nc(Cl)c3c(n2)CCCCC3)s1. The average Bonchev–Trinajstić information content (AvgIpc) is 2.63. The van der Waals surface area contributed by atoms with Gasteiger partial charge in [-0.15, -0.1) is 0 Å². The quantitative estimate of drug-likeness (QED) is 0.586. The molecule has 0 saturated carbocycles. The Morgan fingerprint density at radius 3 is 2.67 bits per heavy atom. The molecule has 3 rings (SSSR count). The molecule has 2 heterocycles. The molecule has 18 heavy (non-hydrogen) atoms. The second-order valence-corrected chi connectivity index (χ2v) is 6.31. The maximum absolute atomic E-state index is 6.27. The predicted octanol–water partition coefficient (Wildman–Crippen LogP) is 4.18. The van der Waals surface area contributed by atoms with Crippen molar-refractivity contribution in [2.45, 2.75) is 32.1 Å². The molecule has 2 aromatic rings. The van der Waals surface area contributed by atoms with E-state index in [1.54, 1.807) is 6.20 Å². The normalized spacial score (nSPS) is 15.2. The van der Waals surface area contributed by atoms with E-state index in [1.807, 2.05) is 0 Å². The van der Waals surface area contributed by atoms with Gasteiger partial charge in [0.05, 0.1) is 6.20 Å². The monoisotopic (exact) mass is 299 g/mol. The van der Waals surface area contributed by atoms with Crippen molar-refractivity contribution >= 4 is 34.5 Å². The third-order valence-corrected chi connectivity index (χ3v) is 4.47. The molecule has 6 heteroatoms. The number of rotatable bonds is 1. The van der Waals surface area contributed by atoms with E-state index in [2.05, 4.69) is 15.0 Å². The zero-order chi connectivity index (χ0) is 12.5. The highest BCUT2D eigenvalue weighted by molar-refractivity contribution is 7.18. The van der Waals surface area contributed by atoms with Crippen LogP contribution >= 0.6 is 34.5 Å². The molecule has 94 valence electrons. The van der Waals surface area contributed by atoms with Crippen molar-refractivity contribution in [3.05, 3.63) is 26.9 Å². The molecule has 0 bridgehead atoms. The van der Waals surface area contributed by atoms with Crippen LogP contribution in [0.25, 0.3) is 10.8 Å². The van der Waals surface area contributed by atoms with Gasteiger partial charge >= 0.3 is 0 Å². The van der Waals surface area contributed by atoms with E-state index in [1.165, 1.54) is 30.6 Å². The minimum Gasteiger partial charge on any atom is -0.240 e. The van der Waals surface area contributed by atoms with Crippen LogP contribution in [-0.4, -0.2) is 15.0 Å². The van der Waals surface area contributed by atoms with Gasteiger partial charge in [-0.1, -0.05) is 41.0 Å². The van der Waals surface area contributed by atoms with Crippen molar-refractivity contribution in [3.8, 4) is 10.8 Å². The molecule has 0 aromatic carbocycles. The fraction of sp³-hybridized carbons (Fsp3) is 0.417. The molecule has 2 aromatic heterocycles. The zero-order valence-electron chi connectivity index (χ0n) is 9.62. The highest BCUT2D eigenvalue weighted by Gasteiger charge is 2.17. The first-order valence-corrected chi connectivity index (χ1v) is 7.48. The van der Waals surface area contributed by atoms with Gasteiger partial charge < -0.3 is 0 Å². The Morgan fingerprint density at radius 2 is 1.89 bits per heavy atom. The highest BCUT2D eigenvalue weighted by atomic mass is 35.5. The molecule has 1 aliphatic rings. The Balaban J connectivity index is 2.07. The first-order valence-electron chi connectivity index (χ1n) is 5.91. The summed E-state index contributed by atoms with van der Waals surface area (Å²) in [5.41, 5.74) is 2.19. The fourth-order valence-electron chi connectivity index (χ4n) is 2.18. The van der Waals surface area contributed by atoms with Crippen molar-refractivity contribution in [1.29, 1.82) is 0 Å². The van der Waals surface area contributed by atoms with E-state index in [0.717, 1.165) is 29.1 Å². The van der Waals surface area contributed by atoms with Crippen LogP contribution in [0.4, 0.5) is 0 Å². The third-order valence-electron chi connectivity index (χ3n) is 3.05. The number of nitrogens with zero attached hydrogens (tertiary/aromatic N) is 3. The summed E-state index contributed by atoms with van der Waals surface area (Å²) >= 11 is 13.5. The summed E-state index contributed by atoms with van der Waals surface area (Å²) in [4.78, 5) is 13.2. The predicted molar refractivity (Wildman–Crippen MR) is 74.4 cm³/mol. The van der Waals surface area contributed by atoms with E-state index in [0.29, 0.717) is 15.3 Å². The molecule has 0 aliphatic heterocycles. The van der Waals surface area contributed by atoms with Crippen molar-refractivity contribution in [2.75, 3.05) is 0 Å². The van der Waals surface area contributed by atoms with Crippen LogP contribution in [0.2, 0.25) is 9.49 Å². The Labute approximate surface area is 119 Å². The summed E-state index contributed by atoms with van der Waals surface area (Å²) in [6, 6.07) is 0. The van der Waals surface area contributed by atoms with E-state index >= 15 is 0 Å². The van der Waals surface area contributed by atoms with E-state index < -0.39 is 0 Å². The van der Waals surface area contributed by atoms with Gasteiger partial charge in [0, 0.05) is 11.3 Å². The lowest BCUT2D eigenvalue weighted by Gasteiger charge is -2.07. The van der Waals surface area contributed by atoms with E-state index in [9.17, 15) is 0 Å². The molecular formula is C12H11Cl2N3S. The number of aromatic nitrogens is 3. The molecule has 0 amide bonds. The van der Waals surface area contributed by atoms with E-state index in [-0.39, 0.29) is 0 Å². The van der Waals surface area contributed by atoms with Gasteiger partial charge in [0.15, 0.2) is 10.8 Å². The fourth-order valence-corrected chi connectivity index (χ4v) is 3.31. The van der Waals surface area contributed by atoms with Gasteiger partial charge in [-0.05, 0) is 25.7 Å². The summed E-state index contributed by atoms with van der Waals surface area (Å²) in [7, 11) is 0. The maximum atomic E-state index is 6.27. The van der Waals surface area contributed by atoms with Crippen LogP contribution in [-0.2, 0) is 12.8 Å². The summed E-state index contributed by atoms with van der Waals surface area (Å²) in [5, 5.41) is 1.30. The first-order chi connectivity index (χ1) is 8.74. The van der Waals surface area contributed by atoms with Crippen molar-refractivity contribution in [3.63, 3.8) is 0 Å². The van der Waals surface area contributed by atoms with Gasteiger partial charge in [-0.2, -0.15) is 0 Å². The lowest BCUT2D eigenvalue weighted by atomic mass is 10.1. The standard InChI is InChI=1S/C12H11Cl2N3S/c13-9-6-15-12(18-9)11-16-8-5-3-1-2-4-7(8)10(14)17-11/h6H,1-5H2. The second kappa shape index (κ2) is 5.11. The number of hydrogen-bond acceptors (Lipinski definition) is 4. The van der Waals surface area contributed by atoms with Gasteiger partial charge in [0.2, 0.25) is 0 Å². The Morgan fingerprint density at radius 1 is 1.06 bits per heavy atom. The lowest BCUT2D eigenvalue weighted by molar-refractivity contribution is 0.709. The molecule has 0 fully saturated rings. The van der Waals surface area contributed by atoms with E-state index in [4.69, 9.17) is 23.2 Å². The minimum atomic E-state index is 0.572. The molecule has 0 radical (unpaired) electrons. The topological polar surface area (TPSA) is 38.7 Å². The molecule has 1 aliphatic carbocycles. The minimum absolute atomic E-state index is 0.572. The average molecular weight is 300 g/mol. The summed E-state index contributed by atoms with van der Waals surface area (Å²) in [6.07, 6.45) is 7.13. The van der Waals surface area contributed by atoms with Crippen molar-refractivity contribution in [1.82, 2.24) is 15.0 Å². The first kappa shape index (κ1) is 12.3. The largest absolute Gasteiger partial charge is 0.240 e. The van der Waals surface area contributed by atoms with Gasteiger partial charge in [-0.25, -0.2) is 15.0 Å². The van der Waals surface area contributed by atoms with Crippen LogP contribution < -0.4 is 0 Å². The zero-order valence-corrected chi connectivity index (χ0v) is 11.9. The van der Waals surface area contributed by atoms with Crippen LogP contribution in [0.3, 0.4) is 0 Å². The number of hydrogen-bond donors (Lipinski definition) is 0. The van der Waals surface area contributed by atoms with Crippen LogP contribution in [0, 0.1) is 0 Å². The highest BCUT2D eigenvalue weighted by Crippen LogP contribution is 2.30.